The van der Waals surface area contributed by atoms with Gasteiger partial charge < -0.3 is 4.74 Å². The minimum atomic E-state index is -7.22. The van der Waals surface area contributed by atoms with Gasteiger partial charge in [0.25, 0.3) is 2.33 Å². The zero-order valence-electron chi connectivity index (χ0n) is 30.4. The fraction of sp³-hybridized carbons (Fsp3) is 0.0526. The van der Waals surface area contributed by atoms with Crippen LogP contribution in [-0.2, 0) is 11.3 Å². The van der Waals surface area contributed by atoms with Gasteiger partial charge in [-0.15, -0.1) is 21.9 Å². The van der Waals surface area contributed by atoms with E-state index in [1.165, 1.54) is 5.56 Å². The summed E-state index contributed by atoms with van der Waals surface area (Å²) in [4.78, 5) is 11.8. The highest BCUT2D eigenvalue weighted by Crippen LogP contribution is 2.35. The molecule has 0 N–H and O–H groups in total. The van der Waals surface area contributed by atoms with Crippen molar-refractivity contribution >= 4 is 81.8 Å². The molecule has 65 heavy (non-hydrogen) atoms. The Balaban J connectivity index is 0.000000330. The lowest BCUT2D eigenvalue weighted by Gasteiger charge is -2.44. The van der Waals surface area contributed by atoms with Crippen molar-refractivity contribution < 1.29 is 102 Å². The Labute approximate surface area is 373 Å². The van der Waals surface area contributed by atoms with Crippen LogP contribution >= 0.6 is 47.8 Å². The molecule has 0 unspecified atom stereocenters. The molecule has 1 aromatic heterocycles. The normalized spacial score (nSPS) is 11.7. The number of hydrogen-bond acceptors (Lipinski definition) is 2. The molecule has 0 aliphatic heterocycles. The second-order valence-electron chi connectivity index (χ2n) is 12.9. The Morgan fingerprint density at radius 2 is 0.662 bits per heavy atom. The van der Waals surface area contributed by atoms with Crippen molar-refractivity contribution in [1.29, 1.82) is 0 Å². The number of hydrogen-bond donors (Lipinski definition) is 0. The van der Waals surface area contributed by atoms with E-state index in [0.29, 0.717) is 5.56 Å². The molecule has 0 fully saturated rings. The van der Waals surface area contributed by atoms with Crippen LogP contribution in [0.15, 0.2) is 54.9 Å². The third kappa shape index (κ3) is 8.93. The van der Waals surface area contributed by atoms with Gasteiger partial charge in [-0.25, -0.2) is 97.2 Å². The molecule has 6 aromatic rings. The number of nitrogens with zero attached hydrogens (tertiary/aromatic N) is 1. The molecule has 0 radical (unpaired) electrons. The summed E-state index contributed by atoms with van der Waals surface area (Å²) in [6.07, 6.45) is -3.52. The molecule has 0 amide bonds. The molecule has 0 saturated heterocycles. The van der Waals surface area contributed by atoms with Crippen LogP contribution in [0.3, 0.4) is 0 Å². The van der Waals surface area contributed by atoms with Gasteiger partial charge >= 0.3 is 5.97 Å². The number of carbonyl (C=O) groups is 1. The second-order valence-corrected chi connectivity index (χ2v) is 19.4. The van der Waals surface area contributed by atoms with Gasteiger partial charge in [0.15, 0.2) is 88.7 Å². The zero-order valence-corrected chi connectivity index (χ0v) is 35.2. The van der Waals surface area contributed by atoms with E-state index in [1.54, 1.807) is 12.1 Å². The first-order chi connectivity index (χ1) is 30.1. The first-order valence-electron chi connectivity index (χ1n) is 16.7. The van der Waals surface area contributed by atoms with Crippen molar-refractivity contribution in [3.8, 4) is 0 Å². The molecule has 344 valence electrons. The molecule has 0 bridgehead atoms. The van der Waals surface area contributed by atoms with Crippen molar-refractivity contribution in [2.24, 2.45) is 0 Å². The van der Waals surface area contributed by atoms with Gasteiger partial charge in [-0.1, -0.05) is 30.3 Å². The van der Waals surface area contributed by atoms with Crippen LogP contribution in [-0.4, -0.2) is 14.4 Å². The molecular weight excluding hydrogens is 1130 g/mol. The maximum atomic E-state index is 15.4. The third-order valence-corrected chi connectivity index (χ3v) is 9.74. The summed E-state index contributed by atoms with van der Waals surface area (Å²) in [5.74, 6) is -71.8. The van der Waals surface area contributed by atoms with Crippen molar-refractivity contribution in [3.63, 3.8) is 0 Å². The van der Waals surface area contributed by atoms with E-state index >= 15 is 35.1 Å². The Morgan fingerprint density at radius 1 is 0.415 bits per heavy atom. The highest BCUT2D eigenvalue weighted by molar-refractivity contribution is 9.39. The molecule has 0 aliphatic rings. The second kappa shape index (κ2) is 19.0. The number of ether oxygens (including phenoxy) is 1. The van der Waals surface area contributed by atoms with Crippen molar-refractivity contribution in [2.75, 3.05) is 0 Å². The van der Waals surface area contributed by atoms with Gasteiger partial charge in [0.2, 0.25) is 0 Å². The average molecular weight is 1140 g/mol. The summed E-state index contributed by atoms with van der Waals surface area (Å²) in [6, 6.07) is 13.6. The van der Waals surface area contributed by atoms with Crippen LogP contribution in [0.5, 0.6) is 0 Å². The number of alkyl halides is 3. The maximum absolute atomic E-state index is 15.4. The average Bonchev–Trinajstić information content (AvgIpc) is 3.26. The van der Waals surface area contributed by atoms with E-state index in [9.17, 15) is 57.5 Å². The molecule has 0 aliphatic carbocycles. The molecule has 0 saturated carbocycles. The quantitative estimate of drug-likeness (QED) is 0.0304. The minimum Gasteiger partial charge on any atom is -0.423 e. The van der Waals surface area contributed by atoms with Gasteiger partial charge in [0.1, 0.15) is 52.7 Å². The van der Waals surface area contributed by atoms with E-state index < -0.39 is 153 Å². The molecule has 3 nitrogen and oxygen atoms in total. The first-order valence-corrected chi connectivity index (χ1v) is 19.1. The molecule has 0 spiro atoms. The van der Waals surface area contributed by atoms with E-state index in [1.807, 2.05) is 35.2 Å². The summed E-state index contributed by atoms with van der Waals surface area (Å²) in [7, 11) is 0. The van der Waals surface area contributed by atoms with Crippen molar-refractivity contribution in [2.45, 2.75) is 8.87 Å². The number of carbonyl (C=O) groups excluding carboxylic acids is 1. The van der Waals surface area contributed by atoms with Gasteiger partial charge in [-0.2, -0.15) is 0 Å². The summed E-state index contributed by atoms with van der Waals surface area (Å²) in [5.41, 5.74) is -12.6. The van der Waals surface area contributed by atoms with Crippen molar-refractivity contribution in [3.05, 3.63) is 182 Å². The predicted octanol–water partition coefficient (Wildman–Crippen LogP) is 9.82. The summed E-state index contributed by atoms with van der Waals surface area (Å²) >= 11 is 9.36. The van der Waals surface area contributed by atoms with Crippen molar-refractivity contribution in [1.82, 2.24) is 0 Å². The van der Waals surface area contributed by atoms with Crippen LogP contribution in [0.4, 0.5) is 87.8 Å². The Morgan fingerprint density at radius 3 is 0.908 bits per heavy atom. The standard InChI is InChI=1S/C24BF20.C14H11Br3NO2/c26-5-1(6(27)14(35)21(42)13(5)34)25(2-7(28)15(36)22(43)16(37)8(2)29,3-9(30)17(38)23(44)18(39)10(3)31)4-11(32)19(40)24(45)20(41)12(4)33;15-14(16,17)20-13(19)12-6-8-18(9-7-12)10-11-4-2-1-3-5-11/h;1-9H,10H2/q-1;+1. The predicted molar refractivity (Wildman–Crippen MR) is 196 cm³/mol. The molecule has 5 aromatic carbocycles. The lowest BCUT2D eigenvalue weighted by molar-refractivity contribution is -0.688. The van der Waals surface area contributed by atoms with Crippen LogP contribution in [0, 0.1) is 116 Å². The van der Waals surface area contributed by atoms with Gasteiger partial charge in [0, 0.05) is 17.7 Å². The number of benzene rings is 5. The monoisotopic (exact) mass is 1140 g/mol. The first kappa shape index (κ1) is 50.8. The smallest absolute Gasteiger partial charge is 0.341 e. The lowest BCUT2D eigenvalue weighted by Crippen LogP contribution is -2.81. The fourth-order valence-electron chi connectivity index (χ4n) is 6.53. The van der Waals surface area contributed by atoms with Gasteiger partial charge in [-0.3, -0.25) is 0 Å². The topological polar surface area (TPSA) is 30.2 Å². The lowest BCUT2D eigenvalue weighted by atomic mass is 9.12. The van der Waals surface area contributed by atoms with E-state index in [4.69, 9.17) is 4.74 Å². The summed E-state index contributed by atoms with van der Waals surface area (Å²) in [5, 5.41) is 0. The largest absolute Gasteiger partial charge is 0.423 e. The van der Waals surface area contributed by atoms with Crippen LogP contribution in [0.25, 0.3) is 0 Å². The summed E-state index contributed by atoms with van der Waals surface area (Å²) < 4.78 is 300. The molecular formula is C38H11BBr3F20NO2. The van der Waals surface area contributed by atoms with Crippen LogP contribution in [0.1, 0.15) is 15.9 Å². The van der Waals surface area contributed by atoms with Gasteiger partial charge in [-0.05, 0) is 47.8 Å². The molecule has 27 heteroatoms. The molecule has 1 heterocycles. The number of pyridine rings is 1. The fourth-order valence-corrected chi connectivity index (χ4v) is 6.97. The van der Waals surface area contributed by atoms with Crippen LogP contribution < -0.4 is 26.4 Å². The number of halogens is 23. The molecule has 6 rings (SSSR count). The van der Waals surface area contributed by atoms with Crippen LogP contribution in [0.2, 0.25) is 0 Å². The van der Waals surface area contributed by atoms with E-state index in [-0.39, 0.29) is 0 Å². The minimum absolute atomic E-state index is 0.428. The van der Waals surface area contributed by atoms with E-state index in [0.717, 1.165) is 6.54 Å². The highest BCUT2D eigenvalue weighted by atomic mass is 80.0. The Hall–Kier alpha value is -5.18. The Kier molecular flexibility index (Phi) is 14.8. The maximum Gasteiger partial charge on any atom is 0.341 e. The van der Waals surface area contributed by atoms with Gasteiger partial charge in [0.05, 0.1) is 5.56 Å². The SMILES string of the molecule is Fc1c(F)c(F)c([B-](c2c(F)c(F)c(F)c(F)c2F)(c2c(F)c(F)c(F)c(F)c2F)c2c(F)c(F)c(F)c(F)c2F)c(F)c1F.O=C(OC(Br)(Br)Br)c1cc[n+](Cc2ccccc2)cc1. The van der Waals surface area contributed by atoms with E-state index in [2.05, 4.69) is 59.9 Å². The summed E-state index contributed by atoms with van der Waals surface area (Å²) in [6.45, 7) is 0.759. The zero-order chi connectivity index (χ0) is 48.9. The number of rotatable bonds is 7. The molecule has 0 atom stereocenters. The third-order valence-electron chi connectivity index (χ3n) is 9.25. The highest BCUT2D eigenvalue weighted by Gasteiger charge is 2.52. The Bertz CT molecular complexity index is 2500. The number of aromatic nitrogens is 1. The number of esters is 1.